The Labute approximate surface area is 71.3 Å². The lowest BCUT2D eigenvalue weighted by Gasteiger charge is -2.14. The number of nitrogens with one attached hydrogen (secondary N) is 1. The first-order chi connectivity index (χ1) is 5.77. The summed E-state index contributed by atoms with van der Waals surface area (Å²) in [5.41, 5.74) is 7.77. The summed E-state index contributed by atoms with van der Waals surface area (Å²) in [4.78, 5) is 10.9. The number of nitrogens with two attached hydrogens (primary N) is 1. The topological polar surface area (TPSA) is 55.1 Å². The highest BCUT2D eigenvalue weighted by molar-refractivity contribution is 5.79. The summed E-state index contributed by atoms with van der Waals surface area (Å²) < 4.78 is 0. The monoisotopic (exact) mass is 164 g/mol. The van der Waals surface area contributed by atoms with Gasteiger partial charge in [0.05, 0.1) is 5.92 Å². The number of hydrogen-bond acceptors (Lipinski definition) is 2. The molecule has 64 valence electrons. The molecule has 12 heavy (non-hydrogen) atoms. The molecule has 1 unspecified atom stereocenters. The normalized spacial score (nSPS) is 26.8. The second kappa shape index (κ2) is 2.66. The molecule has 1 aliphatic heterocycles. The van der Waals surface area contributed by atoms with Crippen LogP contribution in [0.15, 0.2) is 23.4 Å². The van der Waals surface area contributed by atoms with E-state index in [-0.39, 0.29) is 11.8 Å². The number of primary amides is 1. The van der Waals surface area contributed by atoms with Crippen molar-refractivity contribution in [2.75, 3.05) is 6.54 Å². The summed E-state index contributed by atoms with van der Waals surface area (Å²) in [5, 5.41) is 3.26. The fourth-order valence-corrected chi connectivity index (χ4v) is 1.74. The molecule has 0 aromatic heterocycles. The van der Waals surface area contributed by atoms with Gasteiger partial charge in [-0.25, -0.2) is 0 Å². The van der Waals surface area contributed by atoms with E-state index in [0.717, 1.165) is 19.4 Å². The molecular weight excluding hydrogens is 152 g/mol. The van der Waals surface area contributed by atoms with Gasteiger partial charge in [0.2, 0.25) is 5.91 Å². The maximum Gasteiger partial charge on any atom is 0.224 e. The van der Waals surface area contributed by atoms with Crippen molar-refractivity contribution >= 4 is 5.91 Å². The average Bonchev–Trinajstić information content (AvgIpc) is 2.49. The molecule has 0 aromatic rings. The van der Waals surface area contributed by atoms with E-state index >= 15 is 0 Å². The first kappa shape index (κ1) is 7.40. The van der Waals surface area contributed by atoms with Crippen molar-refractivity contribution in [3.8, 4) is 0 Å². The summed E-state index contributed by atoms with van der Waals surface area (Å²) in [6.45, 7) is 1.00. The van der Waals surface area contributed by atoms with Crippen molar-refractivity contribution in [3.05, 3.63) is 23.4 Å². The van der Waals surface area contributed by atoms with Crippen molar-refractivity contribution < 1.29 is 4.79 Å². The maximum absolute atomic E-state index is 10.9. The molecule has 0 spiro atoms. The van der Waals surface area contributed by atoms with E-state index in [9.17, 15) is 4.79 Å². The zero-order valence-corrected chi connectivity index (χ0v) is 6.84. The molecule has 0 radical (unpaired) electrons. The van der Waals surface area contributed by atoms with Crippen LogP contribution in [0.5, 0.6) is 0 Å². The maximum atomic E-state index is 10.9. The van der Waals surface area contributed by atoms with Crippen LogP contribution in [0.1, 0.15) is 12.8 Å². The molecule has 1 aliphatic carbocycles. The summed E-state index contributed by atoms with van der Waals surface area (Å²) in [5.74, 6) is -0.298. The number of carbonyl (C=O) groups excluding carboxylic acids is 1. The van der Waals surface area contributed by atoms with Crippen LogP contribution in [0, 0.1) is 5.92 Å². The Hall–Kier alpha value is -1.25. The van der Waals surface area contributed by atoms with Crippen LogP contribution >= 0.6 is 0 Å². The fourth-order valence-electron chi connectivity index (χ4n) is 1.74. The lowest BCUT2D eigenvalue weighted by molar-refractivity contribution is -0.120. The number of hydrogen-bond donors (Lipinski definition) is 2. The van der Waals surface area contributed by atoms with Gasteiger partial charge in [0, 0.05) is 12.2 Å². The van der Waals surface area contributed by atoms with Gasteiger partial charge in [0.1, 0.15) is 0 Å². The molecule has 1 heterocycles. The average molecular weight is 164 g/mol. The van der Waals surface area contributed by atoms with Crippen LogP contribution in [0.2, 0.25) is 0 Å². The van der Waals surface area contributed by atoms with Crippen LogP contribution in [0.3, 0.4) is 0 Å². The van der Waals surface area contributed by atoms with Crippen molar-refractivity contribution in [2.45, 2.75) is 12.8 Å². The Balaban J connectivity index is 2.15. The van der Waals surface area contributed by atoms with E-state index in [1.807, 2.05) is 12.2 Å². The Morgan fingerprint density at radius 3 is 3.25 bits per heavy atom. The zero-order chi connectivity index (χ0) is 8.55. The molecular formula is C9H12N2O. The van der Waals surface area contributed by atoms with E-state index in [1.165, 1.54) is 11.3 Å². The molecule has 0 bridgehead atoms. The molecule has 0 aromatic carbocycles. The highest BCUT2D eigenvalue weighted by atomic mass is 16.1. The van der Waals surface area contributed by atoms with Gasteiger partial charge in [-0.2, -0.15) is 0 Å². The SMILES string of the molecule is NC(=O)C1C=CC2=C(CCN2)C1. The molecule has 3 N–H and O–H groups in total. The van der Waals surface area contributed by atoms with Crippen molar-refractivity contribution in [3.63, 3.8) is 0 Å². The van der Waals surface area contributed by atoms with E-state index in [2.05, 4.69) is 5.32 Å². The molecule has 0 fully saturated rings. The van der Waals surface area contributed by atoms with Crippen molar-refractivity contribution in [1.29, 1.82) is 0 Å². The summed E-state index contributed by atoms with van der Waals surface area (Å²) in [6, 6.07) is 0. The smallest absolute Gasteiger partial charge is 0.224 e. The number of allylic oxidation sites excluding steroid dienone is 1. The number of amides is 1. The second-order valence-corrected chi connectivity index (χ2v) is 3.27. The van der Waals surface area contributed by atoms with E-state index < -0.39 is 0 Å². The molecule has 2 rings (SSSR count). The molecule has 1 atom stereocenters. The van der Waals surface area contributed by atoms with E-state index in [0.29, 0.717) is 0 Å². The highest BCUT2D eigenvalue weighted by Gasteiger charge is 2.22. The molecule has 3 nitrogen and oxygen atoms in total. The minimum absolute atomic E-state index is 0.0800. The lowest BCUT2D eigenvalue weighted by Crippen LogP contribution is -2.23. The summed E-state index contributed by atoms with van der Waals surface area (Å²) >= 11 is 0. The van der Waals surface area contributed by atoms with Gasteiger partial charge in [-0.3, -0.25) is 4.79 Å². The predicted octanol–water partition coefficient (Wildman–Crippen LogP) is 0.295. The van der Waals surface area contributed by atoms with Crippen LogP contribution in [0.4, 0.5) is 0 Å². The van der Waals surface area contributed by atoms with Gasteiger partial charge in [0.25, 0.3) is 0 Å². The third-order valence-electron chi connectivity index (χ3n) is 2.45. The zero-order valence-electron chi connectivity index (χ0n) is 6.84. The van der Waals surface area contributed by atoms with Crippen molar-refractivity contribution in [1.82, 2.24) is 5.32 Å². The third kappa shape index (κ3) is 1.11. The third-order valence-corrected chi connectivity index (χ3v) is 2.45. The molecule has 2 aliphatic rings. The first-order valence-electron chi connectivity index (χ1n) is 4.21. The highest BCUT2D eigenvalue weighted by Crippen LogP contribution is 2.27. The van der Waals surface area contributed by atoms with Crippen LogP contribution in [-0.2, 0) is 4.79 Å². The predicted molar refractivity (Wildman–Crippen MR) is 46.1 cm³/mol. The molecule has 0 saturated heterocycles. The molecule has 3 heteroatoms. The largest absolute Gasteiger partial charge is 0.385 e. The standard InChI is InChI=1S/C9H12N2O/c10-9(12)7-1-2-8-6(5-7)3-4-11-8/h1-2,7,11H,3-5H2,(H2,10,12). The van der Waals surface area contributed by atoms with Gasteiger partial charge in [0.15, 0.2) is 0 Å². The Bertz CT molecular complexity index is 278. The summed E-state index contributed by atoms with van der Waals surface area (Å²) in [7, 11) is 0. The Kier molecular flexibility index (Phi) is 1.64. The van der Waals surface area contributed by atoms with Gasteiger partial charge < -0.3 is 11.1 Å². The van der Waals surface area contributed by atoms with Crippen LogP contribution < -0.4 is 11.1 Å². The van der Waals surface area contributed by atoms with Gasteiger partial charge in [-0.15, -0.1) is 0 Å². The van der Waals surface area contributed by atoms with Crippen molar-refractivity contribution in [2.24, 2.45) is 11.7 Å². The molecule has 1 amide bonds. The van der Waals surface area contributed by atoms with Crippen LogP contribution in [-0.4, -0.2) is 12.5 Å². The Morgan fingerprint density at radius 2 is 2.50 bits per heavy atom. The van der Waals surface area contributed by atoms with Gasteiger partial charge >= 0.3 is 0 Å². The fraction of sp³-hybridized carbons (Fsp3) is 0.444. The van der Waals surface area contributed by atoms with Crippen LogP contribution in [0.25, 0.3) is 0 Å². The van der Waals surface area contributed by atoms with E-state index in [1.54, 1.807) is 0 Å². The number of rotatable bonds is 1. The number of carbonyl (C=O) groups is 1. The van der Waals surface area contributed by atoms with E-state index in [4.69, 9.17) is 5.73 Å². The molecule has 0 saturated carbocycles. The minimum atomic E-state index is -0.218. The minimum Gasteiger partial charge on any atom is -0.385 e. The summed E-state index contributed by atoms with van der Waals surface area (Å²) in [6.07, 6.45) is 5.73. The van der Waals surface area contributed by atoms with Gasteiger partial charge in [-0.05, 0) is 24.5 Å². The second-order valence-electron chi connectivity index (χ2n) is 3.27. The first-order valence-corrected chi connectivity index (χ1v) is 4.21. The quantitative estimate of drug-likeness (QED) is 0.585. The Morgan fingerprint density at radius 1 is 1.67 bits per heavy atom. The lowest BCUT2D eigenvalue weighted by atomic mass is 9.92. The van der Waals surface area contributed by atoms with Gasteiger partial charge in [-0.1, -0.05) is 6.08 Å².